The molecule has 0 bridgehead atoms. The molecule has 0 saturated heterocycles. The highest BCUT2D eigenvalue weighted by Gasteiger charge is 2.22. The molecule has 1 aromatic rings. The topological polar surface area (TPSA) is 35.0 Å². The van der Waals surface area contributed by atoms with Crippen molar-refractivity contribution in [1.82, 2.24) is 9.97 Å². The zero-order valence-electron chi connectivity index (χ0n) is 7.24. The molecule has 1 saturated carbocycles. The number of rotatable bonds is 4. The molecule has 0 radical (unpaired) electrons. The minimum Gasteiger partial charge on any atom is -0.476 e. The normalized spacial score (nSPS) is 15.8. The maximum atomic E-state index is 5.57. The SMILES string of the molecule is ClCc1cnc(OCC2CC2)cn1. The molecule has 1 fully saturated rings. The van der Waals surface area contributed by atoms with E-state index in [0.29, 0.717) is 11.8 Å². The lowest BCUT2D eigenvalue weighted by Crippen LogP contribution is -2.01. The summed E-state index contributed by atoms with van der Waals surface area (Å²) >= 11 is 5.57. The second-order valence-corrected chi connectivity index (χ2v) is 3.50. The minimum absolute atomic E-state index is 0.399. The highest BCUT2D eigenvalue weighted by atomic mass is 35.5. The molecule has 70 valence electrons. The van der Waals surface area contributed by atoms with E-state index in [1.807, 2.05) is 0 Å². The average molecular weight is 199 g/mol. The highest BCUT2D eigenvalue weighted by Crippen LogP contribution is 2.29. The quantitative estimate of drug-likeness (QED) is 0.695. The van der Waals surface area contributed by atoms with Crippen LogP contribution in [0.25, 0.3) is 0 Å². The molecular weight excluding hydrogens is 188 g/mol. The largest absolute Gasteiger partial charge is 0.476 e. The first kappa shape index (κ1) is 8.75. The number of nitrogens with zero attached hydrogens (tertiary/aromatic N) is 2. The third kappa shape index (κ3) is 2.56. The van der Waals surface area contributed by atoms with Gasteiger partial charge in [0.2, 0.25) is 5.88 Å². The summed E-state index contributed by atoms with van der Waals surface area (Å²) < 4.78 is 5.41. The van der Waals surface area contributed by atoms with Crippen molar-refractivity contribution in [2.75, 3.05) is 6.61 Å². The number of halogens is 1. The first-order valence-corrected chi connectivity index (χ1v) is 4.91. The maximum Gasteiger partial charge on any atom is 0.232 e. The number of alkyl halides is 1. The highest BCUT2D eigenvalue weighted by molar-refractivity contribution is 6.16. The lowest BCUT2D eigenvalue weighted by Gasteiger charge is -2.02. The molecule has 1 aromatic heterocycles. The van der Waals surface area contributed by atoms with Gasteiger partial charge in [0.15, 0.2) is 0 Å². The van der Waals surface area contributed by atoms with Crippen LogP contribution in [0.5, 0.6) is 5.88 Å². The van der Waals surface area contributed by atoms with E-state index in [2.05, 4.69) is 9.97 Å². The van der Waals surface area contributed by atoms with Crippen molar-refractivity contribution in [2.24, 2.45) is 5.92 Å². The van der Waals surface area contributed by atoms with E-state index in [1.54, 1.807) is 12.4 Å². The smallest absolute Gasteiger partial charge is 0.232 e. The fraction of sp³-hybridized carbons (Fsp3) is 0.556. The molecule has 0 amide bonds. The van der Waals surface area contributed by atoms with Gasteiger partial charge in [-0.1, -0.05) is 0 Å². The Labute approximate surface area is 82.1 Å². The van der Waals surface area contributed by atoms with Gasteiger partial charge in [-0.05, 0) is 18.8 Å². The Morgan fingerprint density at radius 3 is 2.77 bits per heavy atom. The molecule has 13 heavy (non-hydrogen) atoms. The molecular formula is C9H11ClN2O. The van der Waals surface area contributed by atoms with Crippen LogP contribution in [-0.2, 0) is 5.88 Å². The van der Waals surface area contributed by atoms with Gasteiger partial charge in [-0.3, -0.25) is 4.98 Å². The molecule has 1 aliphatic carbocycles. The maximum absolute atomic E-state index is 5.57. The van der Waals surface area contributed by atoms with Crippen LogP contribution in [-0.4, -0.2) is 16.6 Å². The summed E-state index contributed by atoms with van der Waals surface area (Å²) in [4.78, 5) is 8.16. The van der Waals surface area contributed by atoms with Crippen molar-refractivity contribution in [3.8, 4) is 5.88 Å². The number of hydrogen-bond donors (Lipinski definition) is 0. The summed E-state index contributed by atoms with van der Waals surface area (Å²) in [5.74, 6) is 1.74. The van der Waals surface area contributed by atoms with E-state index in [9.17, 15) is 0 Å². The predicted octanol–water partition coefficient (Wildman–Crippen LogP) is 2.00. The van der Waals surface area contributed by atoms with Gasteiger partial charge in [-0.15, -0.1) is 11.6 Å². The van der Waals surface area contributed by atoms with E-state index in [4.69, 9.17) is 16.3 Å². The van der Waals surface area contributed by atoms with Crippen molar-refractivity contribution < 1.29 is 4.74 Å². The first-order valence-electron chi connectivity index (χ1n) is 4.38. The molecule has 0 atom stereocenters. The molecule has 1 aliphatic rings. The van der Waals surface area contributed by atoms with Gasteiger partial charge in [0.05, 0.1) is 30.6 Å². The van der Waals surface area contributed by atoms with Crippen LogP contribution in [0.15, 0.2) is 12.4 Å². The average Bonchev–Trinajstić information content (AvgIpc) is 2.99. The Morgan fingerprint density at radius 1 is 1.38 bits per heavy atom. The summed E-state index contributed by atoms with van der Waals surface area (Å²) in [6.07, 6.45) is 5.84. The fourth-order valence-electron chi connectivity index (χ4n) is 0.974. The van der Waals surface area contributed by atoms with Crippen molar-refractivity contribution >= 4 is 11.6 Å². The van der Waals surface area contributed by atoms with Crippen molar-refractivity contribution in [2.45, 2.75) is 18.7 Å². The van der Waals surface area contributed by atoms with E-state index in [-0.39, 0.29) is 0 Å². The van der Waals surface area contributed by atoms with E-state index < -0.39 is 0 Å². The van der Waals surface area contributed by atoms with Gasteiger partial charge in [-0.25, -0.2) is 4.98 Å². The molecule has 3 nitrogen and oxygen atoms in total. The Bertz CT molecular complexity index is 271. The van der Waals surface area contributed by atoms with Crippen LogP contribution in [0.2, 0.25) is 0 Å². The standard InChI is InChI=1S/C9H11ClN2O/c10-3-8-4-12-9(5-11-8)13-6-7-1-2-7/h4-5,7H,1-3,6H2. The summed E-state index contributed by atoms with van der Waals surface area (Å²) in [5, 5.41) is 0. The van der Waals surface area contributed by atoms with Crippen molar-refractivity contribution in [3.63, 3.8) is 0 Å². The zero-order valence-corrected chi connectivity index (χ0v) is 8.00. The molecule has 0 spiro atoms. The van der Waals surface area contributed by atoms with Gasteiger partial charge in [0.1, 0.15) is 0 Å². The Morgan fingerprint density at radius 2 is 2.23 bits per heavy atom. The second kappa shape index (κ2) is 3.92. The molecule has 2 rings (SSSR count). The molecule has 0 aliphatic heterocycles. The first-order chi connectivity index (χ1) is 6.38. The predicted molar refractivity (Wildman–Crippen MR) is 49.8 cm³/mol. The van der Waals surface area contributed by atoms with Crippen LogP contribution >= 0.6 is 11.6 Å². The molecule has 4 heteroatoms. The lowest BCUT2D eigenvalue weighted by atomic mass is 10.5. The Balaban J connectivity index is 1.88. The Hall–Kier alpha value is -0.830. The summed E-state index contributed by atoms with van der Waals surface area (Å²) in [6, 6.07) is 0. The van der Waals surface area contributed by atoms with E-state index in [0.717, 1.165) is 18.2 Å². The third-order valence-corrected chi connectivity index (χ3v) is 2.26. The summed E-state index contributed by atoms with van der Waals surface area (Å²) in [5.41, 5.74) is 0.778. The van der Waals surface area contributed by atoms with Crippen LogP contribution in [0, 0.1) is 5.92 Å². The van der Waals surface area contributed by atoms with E-state index in [1.165, 1.54) is 12.8 Å². The monoisotopic (exact) mass is 198 g/mol. The number of aromatic nitrogens is 2. The van der Waals surface area contributed by atoms with Crippen molar-refractivity contribution in [3.05, 3.63) is 18.1 Å². The van der Waals surface area contributed by atoms with Gasteiger partial charge >= 0.3 is 0 Å². The molecule has 0 unspecified atom stereocenters. The summed E-state index contributed by atoms with van der Waals surface area (Å²) in [6.45, 7) is 0.773. The lowest BCUT2D eigenvalue weighted by molar-refractivity contribution is 0.287. The molecule has 1 heterocycles. The van der Waals surface area contributed by atoms with Gasteiger partial charge in [-0.2, -0.15) is 0 Å². The second-order valence-electron chi connectivity index (χ2n) is 3.23. The minimum atomic E-state index is 0.399. The Kier molecular flexibility index (Phi) is 2.64. The van der Waals surface area contributed by atoms with Gasteiger partial charge < -0.3 is 4.74 Å². The van der Waals surface area contributed by atoms with Crippen molar-refractivity contribution in [1.29, 1.82) is 0 Å². The van der Waals surface area contributed by atoms with Crippen LogP contribution in [0.1, 0.15) is 18.5 Å². The molecule has 0 N–H and O–H groups in total. The fourth-order valence-corrected chi connectivity index (χ4v) is 1.11. The zero-order chi connectivity index (χ0) is 9.10. The number of ether oxygens (including phenoxy) is 1. The van der Waals surface area contributed by atoms with E-state index >= 15 is 0 Å². The third-order valence-electron chi connectivity index (χ3n) is 1.98. The van der Waals surface area contributed by atoms with Crippen LogP contribution in [0.3, 0.4) is 0 Å². The van der Waals surface area contributed by atoms with Gasteiger partial charge in [0, 0.05) is 0 Å². The van der Waals surface area contributed by atoms with Gasteiger partial charge in [0.25, 0.3) is 0 Å². The number of hydrogen-bond acceptors (Lipinski definition) is 3. The van der Waals surface area contributed by atoms with Crippen LogP contribution in [0.4, 0.5) is 0 Å². The molecule has 0 aromatic carbocycles. The van der Waals surface area contributed by atoms with Crippen LogP contribution < -0.4 is 4.74 Å². The summed E-state index contributed by atoms with van der Waals surface area (Å²) in [7, 11) is 0.